The van der Waals surface area contributed by atoms with Crippen molar-refractivity contribution in [2.24, 2.45) is 4.99 Å². The molecule has 2 aromatic rings. The van der Waals surface area contributed by atoms with Gasteiger partial charge in [0.05, 0.1) is 0 Å². The van der Waals surface area contributed by atoms with E-state index < -0.39 is 0 Å². The molecule has 0 bridgehead atoms. The summed E-state index contributed by atoms with van der Waals surface area (Å²) in [6.45, 7) is 4.30. The van der Waals surface area contributed by atoms with Gasteiger partial charge >= 0.3 is 0 Å². The number of rotatable bonds is 4. The average Bonchev–Trinajstić information content (AvgIpc) is 2.62. The van der Waals surface area contributed by atoms with E-state index in [0.717, 1.165) is 11.1 Å². The first kappa shape index (κ1) is 16.8. The molecule has 1 fully saturated rings. The van der Waals surface area contributed by atoms with Gasteiger partial charge in [0.15, 0.2) is 0 Å². The van der Waals surface area contributed by atoms with Crippen molar-refractivity contribution in [3.63, 3.8) is 0 Å². The van der Waals surface area contributed by atoms with Gasteiger partial charge in [0, 0.05) is 28.8 Å². The van der Waals surface area contributed by atoms with Crippen molar-refractivity contribution in [3.8, 4) is 5.75 Å². The molecule has 0 unspecified atom stereocenters. The van der Waals surface area contributed by atoms with Crippen LogP contribution in [0.3, 0.4) is 0 Å². The van der Waals surface area contributed by atoms with Gasteiger partial charge in [-0.25, -0.2) is 0 Å². The molecule has 0 heterocycles. The van der Waals surface area contributed by atoms with Crippen molar-refractivity contribution in [3.05, 3.63) is 65.2 Å². The summed E-state index contributed by atoms with van der Waals surface area (Å²) in [7, 11) is 0. The Morgan fingerprint density at radius 1 is 0.958 bits per heavy atom. The van der Waals surface area contributed by atoms with Gasteiger partial charge in [-0.1, -0.05) is 75.6 Å². The van der Waals surface area contributed by atoms with Gasteiger partial charge < -0.3 is 5.11 Å². The Balaban J connectivity index is 1.89. The number of aromatic hydroxyl groups is 1. The summed E-state index contributed by atoms with van der Waals surface area (Å²) < 4.78 is 0. The lowest BCUT2D eigenvalue weighted by Gasteiger charge is -2.27. The molecule has 3 rings (SSSR count). The molecule has 0 radical (unpaired) electrons. The zero-order valence-electron chi connectivity index (χ0n) is 14.7. The van der Waals surface area contributed by atoms with Crippen molar-refractivity contribution in [1.29, 1.82) is 0 Å². The van der Waals surface area contributed by atoms with Crippen molar-refractivity contribution in [2.45, 2.75) is 57.4 Å². The molecule has 2 aromatic carbocycles. The van der Waals surface area contributed by atoms with E-state index in [1.165, 1.54) is 37.7 Å². The van der Waals surface area contributed by atoms with Crippen molar-refractivity contribution in [2.75, 3.05) is 0 Å². The number of hydrogen-bond donors (Lipinski definition) is 1. The Bertz CT molecular complexity index is 697. The monoisotopic (exact) mass is 321 g/mol. The molecule has 0 atom stereocenters. The maximum absolute atomic E-state index is 10.8. The maximum atomic E-state index is 10.8. The molecule has 126 valence electrons. The van der Waals surface area contributed by atoms with Crippen LogP contribution in [0.4, 0.5) is 0 Å². The van der Waals surface area contributed by atoms with Crippen LogP contribution in [0.1, 0.15) is 62.6 Å². The first-order valence-corrected chi connectivity index (χ1v) is 9.00. The van der Waals surface area contributed by atoms with Gasteiger partial charge in [0.25, 0.3) is 0 Å². The highest BCUT2D eigenvalue weighted by atomic mass is 16.3. The second kappa shape index (κ2) is 7.21. The fourth-order valence-electron chi connectivity index (χ4n) is 3.60. The van der Waals surface area contributed by atoms with Crippen LogP contribution < -0.4 is 0 Å². The Morgan fingerprint density at radius 2 is 1.67 bits per heavy atom. The third kappa shape index (κ3) is 3.53. The normalized spacial score (nSPS) is 16.6. The third-order valence-corrected chi connectivity index (χ3v) is 5.24. The number of para-hydroxylation sites is 1. The lowest BCUT2D eigenvalue weighted by Crippen LogP contribution is -2.19. The van der Waals surface area contributed by atoms with Gasteiger partial charge in [-0.05, 0) is 24.5 Å². The molecule has 0 spiro atoms. The molecule has 1 N–H and O–H groups in total. The SMILES string of the molecule is CC(C)(c1ccccc1)c1cccc(C=NC2CCCCC2)c1O. The average molecular weight is 321 g/mol. The largest absolute Gasteiger partial charge is 0.507 e. The summed E-state index contributed by atoms with van der Waals surface area (Å²) in [4.78, 5) is 4.73. The van der Waals surface area contributed by atoms with Gasteiger partial charge in [-0.3, -0.25) is 4.99 Å². The van der Waals surface area contributed by atoms with Crippen LogP contribution in [0, 0.1) is 0 Å². The molecule has 0 amide bonds. The second-order valence-corrected chi connectivity index (χ2v) is 7.30. The first-order chi connectivity index (χ1) is 11.6. The molecule has 0 aromatic heterocycles. The lowest BCUT2D eigenvalue weighted by atomic mass is 9.77. The van der Waals surface area contributed by atoms with Crippen LogP contribution in [0.25, 0.3) is 0 Å². The minimum absolute atomic E-state index is 0.250. The van der Waals surface area contributed by atoms with Gasteiger partial charge in [-0.15, -0.1) is 0 Å². The Kier molecular flexibility index (Phi) is 5.03. The maximum Gasteiger partial charge on any atom is 0.128 e. The summed E-state index contributed by atoms with van der Waals surface area (Å²) in [5.74, 6) is 0.353. The molecule has 2 heteroatoms. The number of benzene rings is 2. The van der Waals surface area contributed by atoms with Crippen molar-refractivity contribution < 1.29 is 5.11 Å². The standard InChI is InChI=1S/C22H27NO/c1-22(2,18-11-5-3-6-12-18)20-15-9-10-17(21(20)24)16-23-19-13-7-4-8-14-19/h3,5-6,9-12,15-16,19,24H,4,7-8,13-14H2,1-2H3. The van der Waals surface area contributed by atoms with Crippen LogP contribution >= 0.6 is 0 Å². The Hall–Kier alpha value is -2.09. The van der Waals surface area contributed by atoms with E-state index in [2.05, 4.69) is 26.0 Å². The van der Waals surface area contributed by atoms with E-state index in [9.17, 15) is 5.11 Å². The Labute approximate surface area is 145 Å². The summed E-state index contributed by atoms with van der Waals surface area (Å²) in [6, 6.07) is 16.7. The second-order valence-electron chi connectivity index (χ2n) is 7.30. The fourth-order valence-corrected chi connectivity index (χ4v) is 3.60. The molecule has 0 aliphatic heterocycles. The molecule has 0 saturated heterocycles. The van der Waals surface area contributed by atoms with Crippen LogP contribution in [0.5, 0.6) is 5.75 Å². The zero-order chi connectivity index (χ0) is 17.0. The molecule has 1 saturated carbocycles. The minimum atomic E-state index is -0.250. The molecular weight excluding hydrogens is 294 g/mol. The number of phenolic OH excluding ortho intramolecular Hbond substituents is 1. The number of aliphatic imine (C=N–C) groups is 1. The van der Waals surface area contributed by atoms with E-state index in [-0.39, 0.29) is 5.41 Å². The number of phenols is 1. The predicted octanol–water partition coefficient (Wildman–Crippen LogP) is 5.47. The van der Waals surface area contributed by atoms with E-state index in [1.54, 1.807) is 0 Å². The van der Waals surface area contributed by atoms with E-state index in [0.29, 0.717) is 11.8 Å². The molecule has 24 heavy (non-hydrogen) atoms. The molecule has 1 aliphatic carbocycles. The van der Waals surface area contributed by atoms with Gasteiger partial charge in [0.1, 0.15) is 5.75 Å². The smallest absolute Gasteiger partial charge is 0.128 e. The Morgan fingerprint density at radius 3 is 2.38 bits per heavy atom. The molecular formula is C22H27NO. The zero-order valence-corrected chi connectivity index (χ0v) is 14.7. The van der Waals surface area contributed by atoms with Gasteiger partial charge in [0.2, 0.25) is 0 Å². The highest BCUT2D eigenvalue weighted by Gasteiger charge is 2.26. The molecule has 1 aliphatic rings. The number of nitrogens with zero attached hydrogens (tertiary/aromatic N) is 1. The summed E-state index contributed by atoms with van der Waals surface area (Å²) in [6.07, 6.45) is 8.09. The highest BCUT2D eigenvalue weighted by Crippen LogP contribution is 2.38. The van der Waals surface area contributed by atoms with E-state index in [1.807, 2.05) is 42.6 Å². The lowest BCUT2D eigenvalue weighted by molar-refractivity contribution is 0.443. The predicted molar refractivity (Wildman–Crippen MR) is 101 cm³/mol. The number of hydrogen-bond acceptors (Lipinski definition) is 2. The summed E-state index contributed by atoms with van der Waals surface area (Å²) in [5, 5.41) is 10.8. The van der Waals surface area contributed by atoms with E-state index in [4.69, 9.17) is 4.99 Å². The van der Waals surface area contributed by atoms with E-state index >= 15 is 0 Å². The minimum Gasteiger partial charge on any atom is -0.507 e. The topological polar surface area (TPSA) is 32.6 Å². The first-order valence-electron chi connectivity index (χ1n) is 9.00. The van der Waals surface area contributed by atoms with Crippen LogP contribution in [-0.2, 0) is 5.41 Å². The van der Waals surface area contributed by atoms with Crippen molar-refractivity contribution >= 4 is 6.21 Å². The fraction of sp³-hybridized carbons (Fsp3) is 0.409. The van der Waals surface area contributed by atoms with Crippen LogP contribution in [0.2, 0.25) is 0 Å². The third-order valence-electron chi connectivity index (χ3n) is 5.24. The highest BCUT2D eigenvalue weighted by molar-refractivity contribution is 5.84. The summed E-state index contributed by atoms with van der Waals surface area (Å²) >= 11 is 0. The van der Waals surface area contributed by atoms with Gasteiger partial charge in [-0.2, -0.15) is 0 Å². The summed E-state index contributed by atoms with van der Waals surface area (Å²) in [5.41, 5.74) is 2.71. The quantitative estimate of drug-likeness (QED) is 0.744. The molecule has 2 nitrogen and oxygen atoms in total. The van der Waals surface area contributed by atoms with Crippen LogP contribution in [0.15, 0.2) is 53.5 Å². The van der Waals surface area contributed by atoms with Crippen LogP contribution in [-0.4, -0.2) is 17.4 Å². The van der Waals surface area contributed by atoms with Crippen molar-refractivity contribution in [1.82, 2.24) is 0 Å².